The van der Waals surface area contributed by atoms with Crippen molar-refractivity contribution in [2.45, 2.75) is 46.2 Å². The number of ether oxygens (including phenoxy) is 1. The minimum Gasteiger partial charge on any atom is -0.385 e. The van der Waals surface area contributed by atoms with Crippen molar-refractivity contribution in [1.29, 1.82) is 0 Å². The molecular formula is C20H32N6O. The number of benzene rings is 1. The molecule has 0 bridgehead atoms. The van der Waals surface area contributed by atoms with Gasteiger partial charge in [0.25, 0.3) is 0 Å². The smallest absolute Gasteiger partial charge is 0.192 e. The Balaban J connectivity index is 2.05. The molecule has 148 valence electrons. The summed E-state index contributed by atoms with van der Waals surface area (Å²) in [6, 6.07) is 8.85. The number of aryl methyl sites for hydroxylation is 2. The number of guanidine groups is 1. The van der Waals surface area contributed by atoms with E-state index in [9.17, 15) is 0 Å². The molecule has 0 aliphatic carbocycles. The average Bonchev–Trinajstić information content (AvgIpc) is 3.01. The first kappa shape index (κ1) is 20.9. The normalized spacial score (nSPS) is 12.9. The van der Waals surface area contributed by atoms with Gasteiger partial charge in [-0.15, -0.1) is 10.2 Å². The van der Waals surface area contributed by atoms with Crippen molar-refractivity contribution in [1.82, 2.24) is 25.4 Å². The number of aromatic nitrogens is 3. The van der Waals surface area contributed by atoms with Crippen molar-refractivity contribution in [2.24, 2.45) is 12.0 Å². The van der Waals surface area contributed by atoms with Gasteiger partial charge in [0.2, 0.25) is 0 Å². The molecule has 0 aliphatic rings. The molecule has 1 aromatic carbocycles. The molecule has 1 unspecified atom stereocenters. The van der Waals surface area contributed by atoms with Crippen molar-refractivity contribution in [2.75, 3.05) is 20.3 Å². The molecule has 0 spiro atoms. The van der Waals surface area contributed by atoms with Gasteiger partial charge in [-0.3, -0.25) is 0 Å². The molecule has 2 aromatic rings. The molecule has 1 aromatic heterocycles. The monoisotopic (exact) mass is 372 g/mol. The van der Waals surface area contributed by atoms with Gasteiger partial charge < -0.3 is 19.9 Å². The Hall–Kier alpha value is -2.41. The first-order valence-corrected chi connectivity index (χ1v) is 9.52. The average molecular weight is 373 g/mol. The van der Waals surface area contributed by atoms with Crippen LogP contribution in [0, 0.1) is 6.92 Å². The lowest BCUT2D eigenvalue weighted by atomic mass is 10.1. The maximum Gasteiger partial charge on any atom is 0.192 e. The molecule has 1 heterocycles. The second-order valence-corrected chi connectivity index (χ2v) is 6.62. The van der Waals surface area contributed by atoms with Gasteiger partial charge in [-0.1, -0.05) is 31.2 Å². The fourth-order valence-electron chi connectivity index (χ4n) is 2.64. The molecule has 7 heteroatoms. The van der Waals surface area contributed by atoms with Gasteiger partial charge in [0.1, 0.15) is 12.4 Å². The van der Waals surface area contributed by atoms with Crippen molar-refractivity contribution in [3.05, 3.63) is 47.0 Å². The molecule has 0 radical (unpaired) electrons. The summed E-state index contributed by atoms with van der Waals surface area (Å²) in [5.74, 6) is 2.48. The molecule has 2 N–H and O–H groups in total. The van der Waals surface area contributed by atoms with E-state index in [0.717, 1.165) is 43.6 Å². The first-order chi connectivity index (χ1) is 13.0. The summed E-state index contributed by atoms with van der Waals surface area (Å²) < 4.78 is 7.08. The fourth-order valence-corrected chi connectivity index (χ4v) is 2.64. The molecule has 1 atom stereocenters. The number of nitrogens with zero attached hydrogens (tertiary/aromatic N) is 4. The summed E-state index contributed by atoms with van der Waals surface area (Å²) in [6.07, 6.45) is 1.97. The standard InChI is InChI=1S/C20H32N6O/c1-6-17-8-10-18(11-9-17)15(2)23-20(21-12-7-13-27-5)22-14-19-25-24-16(3)26(19)4/h8-11,15H,6-7,12-14H2,1-5H3,(H2,21,22,23). The van der Waals surface area contributed by atoms with Crippen LogP contribution in [0.4, 0.5) is 0 Å². The molecular weight excluding hydrogens is 340 g/mol. The second-order valence-electron chi connectivity index (χ2n) is 6.62. The topological polar surface area (TPSA) is 76.4 Å². The van der Waals surface area contributed by atoms with Crippen molar-refractivity contribution in [3.8, 4) is 0 Å². The van der Waals surface area contributed by atoms with Gasteiger partial charge in [-0.25, -0.2) is 4.99 Å². The van der Waals surface area contributed by atoms with Gasteiger partial charge in [0, 0.05) is 27.3 Å². The zero-order valence-corrected chi connectivity index (χ0v) is 17.1. The molecule has 2 rings (SSSR count). The Kier molecular flexibility index (Phi) is 8.26. The molecule has 0 aliphatic heterocycles. The SMILES string of the molecule is CCc1ccc(C(C)NC(=NCc2nnc(C)n2C)NCCCOC)cc1. The van der Waals surface area contributed by atoms with Crippen LogP contribution in [0.25, 0.3) is 0 Å². The van der Waals surface area contributed by atoms with E-state index in [2.05, 4.69) is 58.9 Å². The Bertz CT molecular complexity index is 723. The molecule has 7 nitrogen and oxygen atoms in total. The predicted octanol–water partition coefficient (Wildman–Crippen LogP) is 2.52. The lowest BCUT2D eigenvalue weighted by molar-refractivity contribution is 0.195. The minimum atomic E-state index is 0.144. The molecule has 0 saturated heterocycles. The van der Waals surface area contributed by atoms with E-state index in [1.807, 2.05) is 18.5 Å². The summed E-state index contributed by atoms with van der Waals surface area (Å²) in [4.78, 5) is 4.70. The van der Waals surface area contributed by atoms with E-state index in [1.54, 1.807) is 7.11 Å². The fraction of sp³-hybridized carbons (Fsp3) is 0.550. The van der Waals surface area contributed by atoms with Gasteiger partial charge in [-0.05, 0) is 37.8 Å². The van der Waals surface area contributed by atoms with E-state index in [0.29, 0.717) is 6.54 Å². The highest BCUT2D eigenvalue weighted by Crippen LogP contribution is 2.13. The van der Waals surface area contributed by atoms with E-state index < -0.39 is 0 Å². The molecule has 0 amide bonds. The Morgan fingerprint density at radius 3 is 2.59 bits per heavy atom. The summed E-state index contributed by atoms with van der Waals surface area (Å²) in [5.41, 5.74) is 2.57. The van der Waals surface area contributed by atoms with Crippen LogP contribution in [-0.2, 0) is 24.8 Å². The largest absolute Gasteiger partial charge is 0.385 e. The third-order valence-corrected chi connectivity index (χ3v) is 4.62. The predicted molar refractivity (Wildman–Crippen MR) is 109 cm³/mol. The van der Waals surface area contributed by atoms with Crippen LogP contribution >= 0.6 is 0 Å². The lowest BCUT2D eigenvalue weighted by Crippen LogP contribution is -2.39. The number of rotatable bonds is 9. The van der Waals surface area contributed by atoms with Crippen LogP contribution in [0.3, 0.4) is 0 Å². The van der Waals surface area contributed by atoms with Crippen LogP contribution < -0.4 is 10.6 Å². The lowest BCUT2D eigenvalue weighted by Gasteiger charge is -2.19. The Labute approximate surface area is 162 Å². The van der Waals surface area contributed by atoms with Crippen molar-refractivity contribution < 1.29 is 4.74 Å². The Morgan fingerprint density at radius 1 is 1.26 bits per heavy atom. The summed E-state index contributed by atoms with van der Waals surface area (Å²) in [7, 11) is 3.67. The number of nitrogens with one attached hydrogen (secondary N) is 2. The van der Waals surface area contributed by atoms with Crippen LogP contribution in [0.5, 0.6) is 0 Å². The number of methoxy groups -OCH3 is 1. The molecule has 0 saturated carbocycles. The Morgan fingerprint density at radius 2 is 2.00 bits per heavy atom. The van der Waals surface area contributed by atoms with Crippen LogP contribution in [0.15, 0.2) is 29.3 Å². The molecule has 0 fully saturated rings. The highest BCUT2D eigenvalue weighted by atomic mass is 16.5. The van der Waals surface area contributed by atoms with Crippen LogP contribution in [0.2, 0.25) is 0 Å². The van der Waals surface area contributed by atoms with Crippen LogP contribution in [0.1, 0.15) is 49.1 Å². The zero-order valence-electron chi connectivity index (χ0n) is 17.1. The second kappa shape index (κ2) is 10.7. The van der Waals surface area contributed by atoms with E-state index in [4.69, 9.17) is 9.73 Å². The highest BCUT2D eigenvalue weighted by Gasteiger charge is 2.09. The van der Waals surface area contributed by atoms with Crippen molar-refractivity contribution in [3.63, 3.8) is 0 Å². The van der Waals surface area contributed by atoms with Crippen molar-refractivity contribution >= 4 is 5.96 Å². The maximum absolute atomic E-state index is 5.12. The quantitative estimate of drug-likeness (QED) is 0.402. The van der Waals surface area contributed by atoms with E-state index >= 15 is 0 Å². The number of hydrogen-bond donors (Lipinski definition) is 2. The molecule has 27 heavy (non-hydrogen) atoms. The summed E-state index contributed by atoms with van der Waals surface area (Å²) in [6.45, 7) is 8.22. The number of aliphatic imine (C=N–C) groups is 1. The maximum atomic E-state index is 5.12. The van der Waals surface area contributed by atoms with Gasteiger partial charge in [-0.2, -0.15) is 0 Å². The van der Waals surface area contributed by atoms with Crippen LogP contribution in [-0.4, -0.2) is 41.0 Å². The van der Waals surface area contributed by atoms with Gasteiger partial charge in [0.05, 0.1) is 6.04 Å². The summed E-state index contributed by atoms with van der Waals surface area (Å²) >= 11 is 0. The number of hydrogen-bond acceptors (Lipinski definition) is 4. The van der Waals surface area contributed by atoms with Gasteiger partial charge >= 0.3 is 0 Å². The zero-order chi connectivity index (χ0) is 19.6. The minimum absolute atomic E-state index is 0.144. The van der Waals surface area contributed by atoms with Gasteiger partial charge in [0.15, 0.2) is 11.8 Å². The third-order valence-electron chi connectivity index (χ3n) is 4.62. The first-order valence-electron chi connectivity index (χ1n) is 9.52. The van der Waals surface area contributed by atoms with E-state index in [1.165, 1.54) is 11.1 Å². The van der Waals surface area contributed by atoms with E-state index in [-0.39, 0.29) is 6.04 Å². The highest BCUT2D eigenvalue weighted by molar-refractivity contribution is 5.80. The third kappa shape index (κ3) is 6.36. The summed E-state index contributed by atoms with van der Waals surface area (Å²) in [5, 5.41) is 15.1.